The molecule has 2 atom stereocenters. The summed E-state index contributed by atoms with van der Waals surface area (Å²) in [4.78, 5) is 21.2. The fourth-order valence-corrected chi connectivity index (χ4v) is 3.32. The first-order valence-corrected chi connectivity index (χ1v) is 8.58. The predicted octanol–water partition coefficient (Wildman–Crippen LogP) is 0.00580. The molecular formula is C17H27N7O. The van der Waals surface area contributed by atoms with Crippen LogP contribution in [0.4, 0.5) is 0 Å². The highest BCUT2D eigenvalue weighted by atomic mass is 16.2. The van der Waals surface area contributed by atoms with Gasteiger partial charge in [0.1, 0.15) is 5.69 Å². The van der Waals surface area contributed by atoms with Gasteiger partial charge in [-0.25, -0.2) is 4.98 Å². The van der Waals surface area contributed by atoms with Crippen LogP contribution in [0.2, 0.25) is 0 Å². The van der Waals surface area contributed by atoms with Gasteiger partial charge in [-0.05, 0) is 27.2 Å². The van der Waals surface area contributed by atoms with Crippen molar-refractivity contribution in [3.8, 4) is 0 Å². The lowest BCUT2D eigenvalue weighted by molar-refractivity contribution is 0.0929. The summed E-state index contributed by atoms with van der Waals surface area (Å²) < 4.78 is 3.84. The maximum atomic E-state index is 12.6. The highest BCUT2D eigenvalue weighted by molar-refractivity contribution is 5.92. The summed E-state index contributed by atoms with van der Waals surface area (Å²) in [5, 5.41) is 7.56. The van der Waals surface area contributed by atoms with E-state index in [2.05, 4.69) is 32.2 Å². The summed E-state index contributed by atoms with van der Waals surface area (Å²) >= 11 is 0. The van der Waals surface area contributed by atoms with Gasteiger partial charge in [-0.1, -0.05) is 0 Å². The molecule has 8 heteroatoms. The molecule has 1 N–H and O–H groups in total. The van der Waals surface area contributed by atoms with Crippen molar-refractivity contribution in [2.24, 2.45) is 7.05 Å². The Bertz CT molecular complexity index is 720. The Hall–Kier alpha value is -2.19. The number of hydrogen-bond donors (Lipinski definition) is 1. The van der Waals surface area contributed by atoms with Gasteiger partial charge >= 0.3 is 0 Å². The van der Waals surface area contributed by atoms with E-state index in [9.17, 15) is 4.79 Å². The van der Waals surface area contributed by atoms with Crippen molar-refractivity contribution < 1.29 is 4.79 Å². The van der Waals surface area contributed by atoms with Gasteiger partial charge in [0, 0.05) is 50.7 Å². The predicted molar refractivity (Wildman–Crippen MR) is 95.5 cm³/mol. The summed E-state index contributed by atoms with van der Waals surface area (Å²) in [7, 11) is 8.11. The standard InChI is InChI=1S/C17H27N7O/c1-21(2)7-8-24-6-5-14(20-24)17(25)19-15-11-22(3)10-13(15)16-9-18-12-23(16)4/h5-6,9,12-13,15H,7-8,10-11H2,1-4H3,(H,19,25)/t13-,15-/m1/s1. The molecule has 25 heavy (non-hydrogen) atoms. The van der Waals surface area contributed by atoms with E-state index in [0.717, 1.165) is 31.9 Å². The van der Waals surface area contributed by atoms with Crippen molar-refractivity contribution in [1.29, 1.82) is 0 Å². The van der Waals surface area contributed by atoms with Gasteiger partial charge in [0.05, 0.1) is 18.9 Å². The average molecular weight is 345 g/mol. The minimum atomic E-state index is -0.115. The summed E-state index contributed by atoms with van der Waals surface area (Å²) in [6.45, 7) is 3.38. The van der Waals surface area contributed by atoms with Gasteiger partial charge in [0.2, 0.25) is 0 Å². The van der Waals surface area contributed by atoms with Crippen molar-refractivity contribution >= 4 is 5.91 Å². The number of nitrogens with zero attached hydrogens (tertiary/aromatic N) is 6. The van der Waals surface area contributed by atoms with Crippen LogP contribution in [0.5, 0.6) is 0 Å². The molecular weight excluding hydrogens is 318 g/mol. The summed E-state index contributed by atoms with van der Waals surface area (Å²) in [6, 6.07) is 1.84. The molecule has 0 radical (unpaired) electrons. The second kappa shape index (κ2) is 7.37. The fourth-order valence-electron chi connectivity index (χ4n) is 3.32. The zero-order valence-corrected chi connectivity index (χ0v) is 15.4. The molecule has 1 saturated heterocycles. The van der Waals surface area contributed by atoms with Gasteiger partial charge in [-0.15, -0.1) is 0 Å². The van der Waals surface area contributed by atoms with E-state index in [1.54, 1.807) is 12.4 Å². The molecule has 2 aromatic rings. The number of likely N-dealkylation sites (N-methyl/N-ethyl adjacent to an activating group) is 2. The van der Waals surface area contributed by atoms with Crippen molar-refractivity contribution in [2.45, 2.75) is 18.5 Å². The van der Waals surface area contributed by atoms with Crippen LogP contribution in [-0.4, -0.2) is 81.9 Å². The van der Waals surface area contributed by atoms with Crippen LogP contribution in [0.25, 0.3) is 0 Å². The van der Waals surface area contributed by atoms with Gasteiger partial charge < -0.3 is 19.7 Å². The van der Waals surface area contributed by atoms with Crippen LogP contribution in [0.15, 0.2) is 24.8 Å². The number of aryl methyl sites for hydroxylation is 1. The molecule has 0 aromatic carbocycles. The van der Waals surface area contributed by atoms with Gasteiger partial charge in [-0.3, -0.25) is 9.48 Å². The lowest BCUT2D eigenvalue weighted by Crippen LogP contribution is -2.40. The van der Waals surface area contributed by atoms with Crippen molar-refractivity contribution in [3.63, 3.8) is 0 Å². The zero-order valence-electron chi connectivity index (χ0n) is 15.4. The van der Waals surface area contributed by atoms with E-state index >= 15 is 0 Å². The molecule has 0 aliphatic carbocycles. The number of amides is 1. The van der Waals surface area contributed by atoms with E-state index in [-0.39, 0.29) is 17.9 Å². The largest absolute Gasteiger partial charge is 0.346 e. The monoisotopic (exact) mass is 345 g/mol. The highest BCUT2D eigenvalue weighted by Gasteiger charge is 2.35. The maximum Gasteiger partial charge on any atom is 0.272 e. The highest BCUT2D eigenvalue weighted by Crippen LogP contribution is 2.26. The first-order valence-electron chi connectivity index (χ1n) is 8.58. The number of aromatic nitrogens is 4. The van der Waals surface area contributed by atoms with E-state index in [1.165, 1.54) is 0 Å². The lowest BCUT2D eigenvalue weighted by atomic mass is 10.00. The number of carbonyl (C=O) groups excluding carboxylic acids is 1. The molecule has 0 unspecified atom stereocenters. The summed E-state index contributed by atoms with van der Waals surface area (Å²) in [5.74, 6) is 0.119. The molecule has 136 valence electrons. The number of carbonyl (C=O) groups is 1. The number of hydrogen-bond acceptors (Lipinski definition) is 5. The molecule has 1 aliphatic heterocycles. The number of imidazole rings is 1. The van der Waals surface area contributed by atoms with Crippen molar-refractivity contribution in [2.75, 3.05) is 40.8 Å². The van der Waals surface area contributed by atoms with Crippen LogP contribution < -0.4 is 5.32 Å². The van der Waals surface area contributed by atoms with Crippen LogP contribution in [0, 0.1) is 0 Å². The van der Waals surface area contributed by atoms with Crippen LogP contribution in [-0.2, 0) is 13.6 Å². The Kier molecular flexibility index (Phi) is 5.19. The van der Waals surface area contributed by atoms with E-state index in [4.69, 9.17) is 0 Å². The van der Waals surface area contributed by atoms with E-state index < -0.39 is 0 Å². The molecule has 3 rings (SSSR count). The minimum Gasteiger partial charge on any atom is -0.346 e. The first-order chi connectivity index (χ1) is 11.9. The SMILES string of the molecule is CN(C)CCn1ccc(C(=O)N[C@@H]2CN(C)C[C@H]2c2cncn2C)n1. The molecule has 0 saturated carbocycles. The van der Waals surface area contributed by atoms with Crippen LogP contribution in [0.1, 0.15) is 22.1 Å². The summed E-state index contributed by atoms with van der Waals surface area (Å²) in [5.41, 5.74) is 1.61. The average Bonchev–Trinajstić information content (AvgIpc) is 3.25. The lowest BCUT2D eigenvalue weighted by Gasteiger charge is -2.19. The molecule has 1 fully saturated rings. The van der Waals surface area contributed by atoms with Gasteiger partial charge in [0.25, 0.3) is 5.91 Å². The second-order valence-corrected chi connectivity index (χ2v) is 7.10. The molecule has 1 amide bonds. The normalized spacial score (nSPS) is 21.2. The molecule has 0 bridgehead atoms. The third kappa shape index (κ3) is 4.08. The van der Waals surface area contributed by atoms with Gasteiger partial charge in [0.15, 0.2) is 0 Å². The van der Waals surface area contributed by atoms with Gasteiger partial charge in [-0.2, -0.15) is 5.10 Å². The Labute approximate surface area is 148 Å². The molecule has 1 aliphatic rings. The van der Waals surface area contributed by atoms with E-state index in [1.807, 2.05) is 42.8 Å². The number of rotatable bonds is 6. The Balaban J connectivity index is 1.66. The quantitative estimate of drug-likeness (QED) is 0.798. The van der Waals surface area contributed by atoms with Crippen LogP contribution >= 0.6 is 0 Å². The minimum absolute atomic E-state index is 0.0554. The molecule has 0 spiro atoms. The van der Waals surface area contributed by atoms with Crippen LogP contribution in [0.3, 0.4) is 0 Å². The Morgan fingerprint density at radius 2 is 2.16 bits per heavy atom. The number of nitrogens with one attached hydrogen (secondary N) is 1. The van der Waals surface area contributed by atoms with Crippen molar-refractivity contribution in [3.05, 3.63) is 36.2 Å². The zero-order chi connectivity index (χ0) is 18.0. The molecule has 8 nitrogen and oxygen atoms in total. The topological polar surface area (TPSA) is 71.2 Å². The van der Waals surface area contributed by atoms with E-state index in [0.29, 0.717) is 5.69 Å². The third-order valence-corrected chi connectivity index (χ3v) is 4.70. The van der Waals surface area contributed by atoms with Crippen molar-refractivity contribution in [1.82, 2.24) is 34.4 Å². The first kappa shape index (κ1) is 17.6. The molecule has 3 heterocycles. The Morgan fingerprint density at radius 3 is 2.84 bits per heavy atom. The third-order valence-electron chi connectivity index (χ3n) is 4.70. The fraction of sp³-hybridized carbons (Fsp3) is 0.588. The Morgan fingerprint density at radius 1 is 1.36 bits per heavy atom. The maximum absolute atomic E-state index is 12.6. The summed E-state index contributed by atoms with van der Waals surface area (Å²) in [6.07, 6.45) is 5.55. The number of likely N-dealkylation sites (tertiary alicyclic amines) is 1. The smallest absolute Gasteiger partial charge is 0.272 e. The molecule has 2 aromatic heterocycles. The second-order valence-electron chi connectivity index (χ2n) is 7.10.